The summed E-state index contributed by atoms with van der Waals surface area (Å²) < 4.78 is 39.9. The van der Waals surface area contributed by atoms with Gasteiger partial charge in [0.1, 0.15) is 5.75 Å². The maximum absolute atomic E-state index is 13.1. The highest BCUT2D eigenvalue weighted by molar-refractivity contribution is 7.89. The van der Waals surface area contributed by atoms with E-state index in [1.165, 1.54) is 0 Å². The van der Waals surface area contributed by atoms with Gasteiger partial charge in [0.25, 0.3) is 0 Å². The molecule has 1 aliphatic heterocycles. The summed E-state index contributed by atoms with van der Waals surface area (Å²) in [5.41, 5.74) is 2.26. The SMILES string of the molecule is COc1cc(C)c(S(=O)(=O)NCC2(c3ccccc3)CCOCC2)c(C)c1. The van der Waals surface area contributed by atoms with Gasteiger partial charge in [-0.3, -0.25) is 0 Å². The Kier molecular flexibility index (Phi) is 5.89. The van der Waals surface area contributed by atoms with Crippen LogP contribution in [0.2, 0.25) is 0 Å². The number of methoxy groups -OCH3 is 1. The molecule has 0 saturated carbocycles. The van der Waals surface area contributed by atoms with Gasteiger partial charge >= 0.3 is 0 Å². The van der Waals surface area contributed by atoms with Gasteiger partial charge in [-0.15, -0.1) is 0 Å². The van der Waals surface area contributed by atoms with Crippen molar-refractivity contribution in [1.82, 2.24) is 4.72 Å². The zero-order valence-corrected chi connectivity index (χ0v) is 16.9. The van der Waals surface area contributed by atoms with Crippen LogP contribution in [0.15, 0.2) is 47.4 Å². The minimum absolute atomic E-state index is 0.249. The molecule has 2 aromatic carbocycles. The first-order valence-electron chi connectivity index (χ1n) is 9.16. The van der Waals surface area contributed by atoms with Crippen molar-refractivity contribution in [2.45, 2.75) is 37.0 Å². The first-order chi connectivity index (χ1) is 12.9. The van der Waals surface area contributed by atoms with Crippen molar-refractivity contribution in [2.24, 2.45) is 0 Å². The molecule has 0 spiro atoms. The zero-order chi connectivity index (χ0) is 19.5. The lowest BCUT2D eigenvalue weighted by Crippen LogP contribution is -2.44. The van der Waals surface area contributed by atoms with Crippen molar-refractivity contribution < 1.29 is 17.9 Å². The van der Waals surface area contributed by atoms with E-state index in [9.17, 15) is 8.42 Å². The lowest BCUT2D eigenvalue weighted by atomic mass is 9.74. The van der Waals surface area contributed by atoms with Gasteiger partial charge < -0.3 is 9.47 Å². The molecule has 0 unspecified atom stereocenters. The molecular weight excluding hydrogens is 362 g/mol. The maximum Gasteiger partial charge on any atom is 0.241 e. The van der Waals surface area contributed by atoms with Crippen LogP contribution >= 0.6 is 0 Å². The molecule has 0 aromatic heterocycles. The van der Waals surface area contributed by atoms with E-state index in [0.717, 1.165) is 18.4 Å². The third-order valence-electron chi connectivity index (χ3n) is 5.37. The van der Waals surface area contributed by atoms with Crippen LogP contribution in [0.1, 0.15) is 29.5 Å². The van der Waals surface area contributed by atoms with Gasteiger partial charge in [-0.2, -0.15) is 0 Å². The lowest BCUT2D eigenvalue weighted by Gasteiger charge is -2.38. The van der Waals surface area contributed by atoms with Crippen molar-refractivity contribution >= 4 is 10.0 Å². The average molecular weight is 390 g/mol. The first kappa shape index (κ1) is 19.9. The van der Waals surface area contributed by atoms with Crippen LogP contribution in [0.4, 0.5) is 0 Å². The van der Waals surface area contributed by atoms with Crippen LogP contribution in [0.3, 0.4) is 0 Å². The average Bonchev–Trinajstić information content (AvgIpc) is 2.67. The topological polar surface area (TPSA) is 64.6 Å². The van der Waals surface area contributed by atoms with E-state index in [4.69, 9.17) is 9.47 Å². The highest BCUT2D eigenvalue weighted by Gasteiger charge is 2.36. The summed E-state index contributed by atoms with van der Waals surface area (Å²) in [6.45, 7) is 5.22. The number of aryl methyl sites for hydroxylation is 2. The molecule has 0 atom stereocenters. The summed E-state index contributed by atoms with van der Waals surface area (Å²) in [6.07, 6.45) is 1.58. The molecule has 146 valence electrons. The Bertz CT molecular complexity index is 865. The predicted molar refractivity (Wildman–Crippen MR) is 106 cm³/mol. The minimum atomic E-state index is -3.64. The minimum Gasteiger partial charge on any atom is -0.497 e. The van der Waals surface area contributed by atoms with E-state index in [2.05, 4.69) is 16.9 Å². The molecule has 1 heterocycles. The Morgan fingerprint density at radius 3 is 2.22 bits per heavy atom. The fourth-order valence-electron chi connectivity index (χ4n) is 3.88. The number of benzene rings is 2. The Morgan fingerprint density at radius 1 is 1.07 bits per heavy atom. The van der Waals surface area contributed by atoms with Gasteiger partial charge in [0, 0.05) is 25.2 Å². The molecule has 0 amide bonds. The monoisotopic (exact) mass is 389 g/mol. The molecule has 6 heteroatoms. The molecule has 1 aliphatic rings. The molecule has 2 aromatic rings. The third kappa shape index (κ3) is 4.18. The molecule has 1 saturated heterocycles. The van der Waals surface area contributed by atoms with Gasteiger partial charge in [0.05, 0.1) is 12.0 Å². The van der Waals surface area contributed by atoms with E-state index < -0.39 is 10.0 Å². The second-order valence-electron chi connectivity index (χ2n) is 7.17. The standard InChI is InChI=1S/C21H27NO4S/c1-16-13-19(25-3)14-17(2)20(16)27(23,24)22-15-21(9-11-26-12-10-21)18-7-5-4-6-8-18/h4-8,13-14,22H,9-12,15H2,1-3H3. The highest BCUT2D eigenvalue weighted by atomic mass is 32.2. The van der Waals surface area contributed by atoms with E-state index >= 15 is 0 Å². The van der Waals surface area contributed by atoms with Gasteiger partial charge in [0.15, 0.2) is 0 Å². The summed E-state index contributed by atoms with van der Waals surface area (Å²) in [6, 6.07) is 13.6. The fourth-order valence-corrected chi connectivity index (χ4v) is 5.46. The Balaban J connectivity index is 1.89. The van der Waals surface area contributed by atoms with Gasteiger partial charge in [-0.1, -0.05) is 30.3 Å². The smallest absolute Gasteiger partial charge is 0.241 e. The van der Waals surface area contributed by atoms with Crippen LogP contribution in [0.25, 0.3) is 0 Å². The Hall–Kier alpha value is -1.89. The van der Waals surface area contributed by atoms with Crippen molar-refractivity contribution in [3.63, 3.8) is 0 Å². The molecule has 5 nitrogen and oxygen atoms in total. The van der Waals surface area contributed by atoms with Gasteiger partial charge in [0.2, 0.25) is 10.0 Å². The molecule has 1 N–H and O–H groups in total. The lowest BCUT2D eigenvalue weighted by molar-refractivity contribution is 0.0517. The number of nitrogens with one attached hydrogen (secondary N) is 1. The van der Waals surface area contributed by atoms with E-state index in [1.807, 2.05) is 18.2 Å². The van der Waals surface area contributed by atoms with E-state index in [1.54, 1.807) is 33.1 Å². The molecule has 0 bridgehead atoms. The summed E-state index contributed by atoms with van der Waals surface area (Å²) in [4.78, 5) is 0.332. The van der Waals surface area contributed by atoms with Crippen LogP contribution in [0.5, 0.6) is 5.75 Å². The Morgan fingerprint density at radius 2 is 1.67 bits per heavy atom. The highest BCUT2D eigenvalue weighted by Crippen LogP contribution is 2.35. The largest absolute Gasteiger partial charge is 0.497 e. The summed E-state index contributed by atoms with van der Waals surface area (Å²) in [5.74, 6) is 0.661. The zero-order valence-electron chi connectivity index (χ0n) is 16.1. The molecule has 0 aliphatic carbocycles. The van der Waals surface area contributed by atoms with Crippen LogP contribution in [-0.4, -0.2) is 35.3 Å². The first-order valence-corrected chi connectivity index (χ1v) is 10.6. The van der Waals surface area contributed by atoms with Gasteiger partial charge in [-0.05, 0) is 55.5 Å². The summed E-state index contributed by atoms with van der Waals surface area (Å²) >= 11 is 0. The van der Waals surface area contributed by atoms with Crippen molar-refractivity contribution in [1.29, 1.82) is 0 Å². The third-order valence-corrected chi connectivity index (χ3v) is 7.08. The summed E-state index contributed by atoms with van der Waals surface area (Å²) in [7, 11) is -2.06. The van der Waals surface area contributed by atoms with E-state index in [-0.39, 0.29) is 5.41 Å². The van der Waals surface area contributed by atoms with Crippen LogP contribution in [0, 0.1) is 13.8 Å². The normalized spacial score (nSPS) is 16.9. The summed E-state index contributed by atoms with van der Waals surface area (Å²) in [5, 5.41) is 0. The van der Waals surface area contributed by atoms with E-state index in [0.29, 0.717) is 41.5 Å². The number of hydrogen-bond acceptors (Lipinski definition) is 4. The second kappa shape index (κ2) is 8.00. The molecular formula is C21H27NO4S. The Labute approximate surface area is 161 Å². The van der Waals surface area contributed by atoms with Crippen LogP contribution in [-0.2, 0) is 20.2 Å². The number of ether oxygens (including phenoxy) is 2. The van der Waals surface area contributed by atoms with Crippen molar-refractivity contribution in [3.05, 3.63) is 59.2 Å². The van der Waals surface area contributed by atoms with Gasteiger partial charge in [-0.25, -0.2) is 13.1 Å². The number of sulfonamides is 1. The molecule has 1 fully saturated rings. The fraction of sp³-hybridized carbons (Fsp3) is 0.429. The molecule has 27 heavy (non-hydrogen) atoms. The predicted octanol–water partition coefficient (Wildman–Crippen LogP) is 3.34. The molecule has 3 rings (SSSR count). The maximum atomic E-state index is 13.1. The van der Waals surface area contributed by atoms with Crippen molar-refractivity contribution in [2.75, 3.05) is 26.9 Å². The number of hydrogen-bond donors (Lipinski definition) is 1. The van der Waals surface area contributed by atoms with Crippen molar-refractivity contribution in [3.8, 4) is 5.75 Å². The second-order valence-corrected chi connectivity index (χ2v) is 8.88. The van der Waals surface area contributed by atoms with Crippen LogP contribution < -0.4 is 9.46 Å². The molecule has 0 radical (unpaired) electrons. The number of rotatable bonds is 6. The quantitative estimate of drug-likeness (QED) is 0.823.